The molecule has 2 amide bonds. The number of hydrogen-bond donors (Lipinski definition) is 1. The van der Waals surface area contributed by atoms with Gasteiger partial charge in [-0.2, -0.15) is 0 Å². The van der Waals surface area contributed by atoms with E-state index in [1.807, 2.05) is 43.5 Å². The molecule has 3 atom stereocenters. The van der Waals surface area contributed by atoms with Gasteiger partial charge in [-0.3, -0.25) is 14.5 Å². The molecule has 2 aliphatic carbocycles. The highest BCUT2D eigenvalue weighted by Gasteiger charge is 2.45. The number of unbranched alkanes of at least 4 members (excludes halogenated alkanes) is 2. The van der Waals surface area contributed by atoms with Crippen LogP contribution in [0.4, 0.5) is 0 Å². The van der Waals surface area contributed by atoms with Gasteiger partial charge >= 0.3 is 0 Å². The second-order valence-electron chi connectivity index (χ2n) is 6.87. The minimum atomic E-state index is -0.219. The topological polar surface area (TPSA) is 49.4 Å². The van der Waals surface area contributed by atoms with Crippen molar-refractivity contribution in [3.05, 3.63) is 47.6 Å². The van der Waals surface area contributed by atoms with Gasteiger partial charge in [-0.1, -0.05) is 49.3 Å². The summed E-state index contributed by atoms with van der Waals surface area (Å²) in [4.78, 5) is 27.0. The van der Waals surface area contributed by atoms with E-state index in [1.54, 1.807) is 0 Å². The van der Waals surface area contributed by atoms with Crippen LogP contribution in [0.15, 0.2) is 47.6 Å². The largest absolute Gasteiger partial charge is 0.317 e. The summed E-state index contributed by atoms with van der Waals surface area (Å²) in [5, 5.41) is 3.23. The van der Waals surface area contributed by atoms with Crippen molar-refractivity contribution in [1.82, 2.24) is 10.2 Å². The lowest BCUT2D eigenvalue weighted by atomic mass is 9.71. The number of nitrogens with one attached hydrogen (secondary N) is 1. The Bertz CT molecular complexity index is 642. The van der Waals surface area contributed by atoms with Gasteiger partial charge in [-0.25, -0.2) is 0 Å². The van der Waals surface area contributed by atoms with Crippen molar-refractivity contribution < 1.29 is 9.59 Å². The number of amides is 2. The Morgan fingerprint density at radius 3 is 2.79 bits per heavy atom. The van der Waals surface area contributed by atoms with Crippen LogP contribution in [0.25, 0.3) is 0 Å². The molecule has 24 heavy (non-hydrogen) atoms. The molecule has 1 saturated heterocycles. The maximum Gasteiger partial charge on any atom is 0.257 e. The van der Waals surface area contributed by atoms with Gasteiger partial charge < -0.3 is 5.32 Å². The zero-order chi connectivity index (χ0) is 17.1. The van der Waals surface area contributed by atoms with E-state index in [4.69, 9.17) is 0 Å². The molecule has 1 heterocycles. The van der Waals surface area contributed by atoms with Gasteiger partial charge in [0.05, 0.1) is 5.92 Å². The number of carbonyl (C=O) groups excluding carboxylic acids is 2. The second kappa shape index (κ2) is 7.31. The average molecular weight is 326 g/mol. The first kappa shape index (κ1) is 16.9. The molecule has 128 valence electrons. The summed E-state index contributed by atoms with van der Waals surface area (Å²) in [7, 11) is 1.97. The Morgan fingerprint density at radius 2 is 2.00 bits per heavy atom. The van der Waals surface area contributed by atoms with Crippen LogP contribution in [0.1, 0.15) is 32.6 Å². The number of imide groups is 1. The lowest BCUT2D eigenvalue weighted by Crippen LogP contribution is -2.51. The number of piperidine rings is 1. The SMILES string of the molecule is CNC(C)CCCCCN1C(=O)C2=CC=CC3=CC=CC(C1=O)C32. The maximum absolute atomic E-state index is 12.8. The average Bonchev–Trinajstić information content (AvgIpc) is 2.61. The van der Waals surface area contributed by atoms with E-state index in [9.17, 15) is 9.59 Å². The van der Waals surface area contributed by atoms with E-state index in [0.29, 0.717) is 12.6 Å². The fourth-order valence-electron chi connectivity index (χ4n) is 3.73. The van der Waals surface area contributed by atoms with E-state index in [2.05, 4.69) is 12.2 Å². The van der Waals surface area contributed by atoms with E-state index in [0.717, 1.165) is 36.8 Å². The molecule has 0 radical (unpaired) electrons. The summed E-state index contributed by atoms with van der Waals surface area (Å²) in [5.74, 6) is -0.436. The third-order valence-electron chi connectivity index (χ3n) is 5.28. The molecule has 4 nitrogen and oxygen atoms in total. The van der Waals surface area contributed by atoms with Crippen molar-refractivity contribution >= 4 is 11.8 Å². The fraction of sp³-hybridized carbons (Fsp3) is 0.500. The molecule has 3 rings (SSSR count). The third-order valence-corrected chi connectivity index (χ3v) is 5.28. The molecular weight excluding hydrogens is 300 g/mol. The van der Waals surface area contributed by atoms with Crippen molar-refractivity contribution in [2.45, 2.75) is 38.6 Å². The fourth-order valence-corrected chi connectivity index (χ4v) is 3.73. The summed E-state index contributed by atoms with van der Waals surface area (Å²) >= 11 is 0. The summed E-state index contributed by atoms with van der Waals surface area (Å²) in [6.45, 7) is 2.70. The molecule has 0 saturated carbocycles. The highest BCUT2D eigenvalue weighted by Crippen LogP contribution is 2.41. The summed E-state index contributed by atoms with van der Waals surface area (Å²) < 4.78 is 0. The Morgan fingerprint density at radius 1 is 1.17 bits per heavy atom. The van der Waals surface area contributed by atoms with Crippen molar-refractivity contribution in [2.24, 2.45) is 11.8 Å². The number of allylic oxidation sites excluding steroid dienone is 6. The Balaban J connectivity index is 1.63. The Kier molecular flexibility index (Phi) is 5.14. The van der Waals surface area contributed by atoms with Crippen LogP contribution < -0.4 is 5.32 Å². The number of nitrogens with zero attached hydrogens (tertiary/aromatic N) is 1. The van der Waals surface area contributed by atoms with Gasteiger partial charge in [0.2, 0.25) is 5.91 Å². The van der Waals surface area contributed by atoms with Crippen molar-refractivity contribution in [3.8, 4) is 0 Å². The van der Waals surface area contributed by atoms with Crippen LogP contribution in [-0.2, 0) is 9.59 Å². The molecule has 0 spiro atoms. The number of hydrogen-bond acceptors (Lipinski definition) is 3. The first-order valence-electron chi connectivity index (χ1n) is 8.93. The van der Waals surface area contributed by atoms with Crippen LogP contribution in [0.5, 0.6) is 0 Å². The van der Waals surface area contributed by atoms with Gasteiger partial charge in [-0.05, 0) is 32.4 Å². The normalized spacial score (nSPS) is 26.2. The van der Waals surface area contributed by atoms with Gasteiger partial charge in [0, 0.05) is 24.1 Å². The molecule has 3 unspecified atom stereocenters. The summed E-state index contributed by atoms with van der Waals surface area (Å²) in [5.41, 5.74) is 1.84. The van der Waals surface area contributed by atoms with E-state index in [1.165, 1.54) is 4.90 Å². The number of likely N-dealkylation sites (tertiary alicyclic amines) is 1. The highest BCUT2D eigenvalue weighted by atomic mass is 16.2. The van der Waals surface area contributed by atoms with E-state index >= 15 is 0 Å². The second-order valence-corrected chi connectivity index (χ2v) is 6.87. The molecule has 1 fully saturated rings. The maximum atomic E-state index is 12.8. The van der Waals surface area contributed by atoms with E-state index in [-0.39, 0.29) is 23.7 Å². The quantitative estimate of drug-likeness (QED) is 0.578. The van der Waals surface area contributed by atoms with Gasteiger partial charge in [0.25, 0.3) is 5.91 Å². The molecule has 0 aromatic heterocycles. The van der Waals surface area contributed by atoms with Crippen molar-refractivity contribution in [2.75, 3.05) is 13.6 Å². The summed E-state index contributed by atoms with van der Waals surface area (Å²) in [6.07, 6.45) is 15.8. The lowest BCUT2D eigenvalue weighted by molar-refractivity contribution is -0.148. The molecule has 3 aliphatic rings. The van der Waals surface area contributed by atoms with Gasteiger partial charge in [-0.15, -0.1) is 0 Å². The van der Waals surface area contributed by atoms with Crippen LogP contribution in [0, 0.1) is 11.8 Å². The van der Waals surface area contributed by atoms with Crippen molar-refractivity contribution in [1.29, 1.82) is 0 Å². The summed E-state index contributed by atoms with van der Waals surface area (Å²) in [6, 6.07) is 0.515. The number of carbonyl (C=O) groups is 2. The minimum absolute atomic E-state index is 0.0390. The van der Waals surface area contributed by atoms with Crippen molar-refractivity contribution in [3.63, 3.8) is 0 Å². The standard InChI is InChI=1S/C20H26N2O2/c1-14(21-2)8-4-3-5-13-22-19(23)16-11-6-9-15-10-7-12-17(18(15)16)20(22)24/h6-7,9-12,14,16,18,21H,3-5,8,13H2,1-2H3. The van der Waals surface area contributed by atoms with Crippen LogP contribution in [0.3, 0.4) is 0 Å². The zero-order valence-corrected chi connectivity index (χ0v) is 14.5. The highest BCUT2D eigenvalue weighted by molar-refractivity contribution is 6.10. The minimum Gasteiger partial charge on any atom is -0.317 e. The molecule has 0 aromatic rings. The monoisotopic (exact) mass is 326 g/mol. The third kappa shape index (κ3) is 3.16. The molecule has 1 aliphatic heterocycles. The smallest absolute Gasteiger partial charge is 0.257 e. The first-order chi connectivity index (χ1) is 11.6. The Labute approximate surface area is 144 Å². The first-order valence-corrected chi connectivity index (χ1v) is 8.93. The van der Waals surface area contributed by atoms with Crippen LogP contribution in [-0.4, -0.2) is 36.3 Å². The van der Waals surface area contributed by atoms with Crippen LogP contribution >= 0.6 is 0 Å². The lowest BCUT2D eigenvalue weighted by Gasteiger charge is -2.39. The van der Waals surface area contributed by atoms with Crippen LogP contribution in [0.2, 0.25) is 0 Å². The molecule has 0 bridgehead atoms. The molecule has 0 aromatic carbocycles. The molecular formula is C20H26N2O2. The Hall–Kier alpha value is -1.94. The van der Waals surface area contributed by atoms with Gasteiger partial charge in [0.15, 0.2) is 0 Å². The zero-order valence-electron chi connectivity index (χ0n) is 14.5. The molecule has 1 N–H and O–H groups in total. The predicted octanol–water partition coefficient (Wildman–Crippen LogP) is 2.75. The predicted molar refractivity (Wildman–Crippen MR) is 95.1 cm³/mol. The van der Waals surface area contributed by atoms with E-state index < -0.39 is 0 Å². The number of rotatable bonds is 7. The van der Waals surface area contributed by atoms with Gasteiger partial charge in [0.1, 0.15) is 0 Å². The molecule has 4 heteroatoms.